The molecule has 0 aliphatic heterocycles. The molecule has 1 aromatic carbocycles. The van der Waals surface area contributed by atoms with E-state index in [0.717, 1.165) is 12.0 Å². The van der Waals surface area contributed by atoms with Gasteiger partial charge in [0.1, 0.15) is 0 Å². The van der Waals surface area contributed by atoms with Crippen LogP contribution in [-0.4, -0.2) is 11.1 Å². The molecule has 0 amide bonds. The summed E-state index contributed by atoms with van der Waals surface area (Å²) in [5.41, 5.74) is 6.07. The maximum absolute atomic E-state index is 10.7. The smallest absolute Gasteiger partial charge is 0.328 e. The summed E-state index contributed by atoms with van der Waals surface area (Å²) in [7, 11) is 0. The van der Waals surface area contributed by atoms with Crippen molar-refractivity contribution in [2.75, 3.05) is 0 Å². The van der Waals surface area contributed by atoms with Gasteiger partial charge < -0.3 is 5.11 Å². The van der Waals surface area contributed by atoms with Gasteiger partial charge in [-0.15, -0.1) is 0 Å². The molecule has 0 bridgehead atoms. The van der Waals surface area contributed by atoms with E-state index in [1.165, 1.54) is 28.3 Å². The van der Waals surface area contributed by atoms with Gasteiger partial charge in [0, 0.05) is 6.08 Å². The van der Waals surface area contributed by atoms with Crippen molar-refractivity contribution in [2.45, 2.75) is 72.6 Å². The molecule has 1 aromatic rings. The Balaban J connectivity index is 3.39. The Morgan fingerprint density at radius 3 is 1.88 bits per heavy atom. The lowest BCUT2D eigenvalue weighted by Crippen LogP contribution is -2.17. The number of carboxylic acids is 1. The van der Waals surface area contributed by atoms with Crippen LogP contribution in [0.3, 0.4) is 0 Å². The van der Waals surface area contributed by atoms with Gasteiger partial charge in [-0.05, 0) is 52.0 Å². The van der Waals surface area contributed by atoms with Gasteiger partial charge in [-0.3, -0.25) is 0 Å². The van der Waals surface area contributed by atoms with Gasteiger partial charge in [-0.2, -0.15) is 0 Å². The Labute approximate surface area is 159 Å². The molecular formula is C24H34O2. The second-order valence-corrected chi connectivity index (χ2v) is 8.93. The van der Waals surface area contributed by atoms with Crippen LogP contribution < -0.4 is 0 Å². The van der Waals surface area contributed by atoms with Crippen LogP contribution in [-0.2, 0) is 15.6 Å². The Bertz CT molecular complexity index is 700. The zero-order chi connectivity index (χ0) is 20.1. The molecule has 0 heterocycles. The van der Waals surface area contributed by atoms with Gasteiger partial charge in [-0.25, -0.2) is 4.79 Å². The molecule has 26 heavy (non-hydrogen) atoms. The number of benzene rings is 1. The number of allylic oxidation sites excluding steroid dienone is 5. The van der Waals surface area contributed by atoms with Gasteiger partial charge >= 0.3 is 5.97 Å². The van der Waals surface area contributed by atoms with E-state index in [4.69, 9.17) is 5.11 Å². The first-order valence-electron chi connectivity index (χ1n) is 9.29. The molecule has 1 N–H and O–H groups in total. The number of hydrogen-bond acceptors (Lipinski definition) is 1. The average molecular weight is 355 g/mol. The lowest BCUT2D eigenvalue weighted by Gasteiger charge is -2.26. The quantitative estimate of drug-likeness (QED) is 0.474. The molecule has 0 radical (unpaired) electrons. The summed E-state index contributed by atoms with van der Waals surface area (Å²) in [6.07, 6.45) is 8.00. The fourth-order valence-corrected chi connectivity index (χ4v) is 2.66. The summed E-state index contributed by atoms with van der Waals surface area (Å²) in [6.45, 7) is 17.4. The van der Waals surface area contributed by atoms with Gasteiger partial charge in [0.15, 0.2) is 0 Å². The molecule has 0 spiro atoms. The van der Waals surface area contributed by atoms with Crippen LogP contribution in [0.15, 0.2) is 48.1 Å². The fraction of sp³-hybridized carbons (Fsp3) is 0.458. The molecule has 0 aromatic heterocycles. The Kier molecular flexibility index (Phi) is 7.20. The third-order valence-corrected chi connectivity index (χ3v) is 4.42. The third kappa shape index (κ3) is 6.67. The number of rotatable bonds is 5. The molecule has 0 fully saturated rings. The highest BCUT2D eigenvalue weighted by atomic mass is 16.4. The van der Waals surface area contributed by atoms with Crippen molar-refractivity contribution in [1.82, 2.24) is 0 Å². The zero-order valence-electron chi connectivity index (χ0n) is 17.6. The van der Waals surface area contributed by atoms with Gasteiger partial charge in [0.05, 0.1) is 0 Å². The lowest BCUT2D eigenvalue weighted by atomic mass is 9.78. The minimum Gasteiger partial charge on any atom is -0.478 e. The van der Waals surface area contributed by atoms with Gasteiger partial charge in [0.25, 0.3) is 0 Å². The highest BCUT2D eigenvalue weighted by Gasteiger charge is 2.20. The summed E-state index contributed by atoms with van der Waals surface area (Å²) in [5.74, 6) is -0.917. The Morgan fingerprint density at radius 2 is 1.50 bits per heavy atom. The minimum atomic E-state index is -0.917. The second-order valence-electron chi connectivity index (χ2n) is 8.93. The summed E-state index contributed by atoms with van der Waals surface area (Å²) >= 11 is 0. The first kappa shape index (κ1) is 22.0. The molecule has 0 aliphatic rings. The van der Waals surface area contributed by atoms with Crippen molar-refractivity contribution >= 4 is 11.5 Å². The maximum Gasteiger partial charge on any atom is 0.328 e. The molecule has 142 valence electrons. The van der Waals surface area contributed by atoms with E-state index in [1.807, 2.05) is 12.2 Å². The molecule has 2 heteroatoms. The Morgan fingerprint density at radius 1 is 1.00 bits per heavy atom. The summed E-state index contributed by atoms with van der Waals surface area (Å²) in [4.78, 5) is 10.7. The third-order valence-electron chi connectivity index (χ3n) is 4.42. The van der Waals surface area contributed by atoms with Gasteiger partial charge in [-0.1, -0.05) is 84.9 Å². The predicted octanol–water partition coefficient (Wildman–Crippen LogP) is 6.66. The number of aliphatic carboxylic acids is 1. The van der Waals surface area contributed by atoms with E-state index >= 15 is 0 Å². The second kappa shape index (κ2) is 8.53. The SMILES string of the molecule is CC\C(=C/C=C/C(C)=C/C(=O)O)c1cc(C(C)(C)C)cc(C(C)(C)C)c1. The highest BCUT2D eigenvalue weighted by Crippen LogP contribution is 2.33. The van der Waals surface area contributed by atoms with E-state index in [1.54, 1.807) is 6.92 Å². The van der Waals surface area contributed by atoms with Gasteiger partial charge in [0.2, 0.25) is 0 Å². The highest BCUT2D eigenvalue weighted by molar-refractivity contribution is 5.81. The number of hydrogen-bond donors (Lipinski definition) is 1. The summed E-state index contributed by atoms with van der Waals surface area (Å²) in [5, 5.41) is 8.80. The van der Waals surface area contributed by atoms with Crippen LogP contribution in [0.5, 0.6) is 0 Å². The topological polar surface area (TPSA) is 37.3 Å². The summed E-state index contributed by atoms with van der Waals surface area (Å²) in [6, 6.07) is 6.91. The van der Waals surface area contributed by atoms with Crippen molar-refractivity contribution < 1.29 is 9.90 Å². The zero-order valence-corrected chi connectivity index (χ0v) is 17.6. The standard InChI is InChI=1S/C24H34O2/c1-9-18(12-10-11-17(2)13-22(25)26)19-14-20(23(3,4)5)16-21(15-19)24(6,7)8/h10-16H,9H2,1-8H3,(H,25,26)/b11-10+,17-13+,18-12+. The molecule has 0 saturated carbocycles. The van der Waals surface area contributed by atoms with Crippen LogP contribution in [0.25, 0.3) is 5.57 Å². The minimum absolute atomic E-state index is 0.0888. The van der Waals surface area contributed by atoms with E-state index in [-0.39, 0.29) is 10.8 Å². The van der Waals surface area contributed by atoms with E-state index in [2.05, 4.69) is 72.7 Å². The average Bonchev–Trinajstić information content (AvgIpc) is 2.48. The number of carboxylic acid groups (broad SMARTS) is 1. The van der Waals surface area contributed by atoms with E-state index < -0.39 is 5.97 Å². The van der Waals surface area contributed by atoms with Crippen molar-refractivity contribution in [3.63, 3.8) is 0 Å². The van der Waals surface area contributed by atoms with Crippen LogP contribution in [0.1, 0.15) is 78.5 Å². The molecule has 0 aliphatic carbocycles. The van der Waals surface area contributed by atoms with Crippen molar-refractivity contribution in [3.8, 4) is 0 Å². The lowest BCUT2D eigenvalue weighted by molar-refractivity contribution is -0.131. The fourth-order valence-electron chi connectivity index (χ4n) is 2.66. The molecule has 0 saturated heterocycles. The Hall–Kier alpha value is -2.09. The van der Waals surface area contributed by atoms with Crippen LogP contribution in [0.2, 0.25) is 0 Å². The molecular weight excluding hydrogens is 320 g/mol. The summed E-state index contributed by atoms with van der Waals surface area (Å²) < 4.78 is 0. The van der Waals surface area contributed by atoms with Crippen molar-refractivity contribution in [2.24, 2.45) is 0 Å². The molecule has 0 atom stereocenters. The first-order chi connectivity index (χ1) is 11.8. The monoisotopic (exact) mass is 354 g/mol. The van der Waals surface area contributed by atoms with Crippen LogP contribution in [0, 0.1) is 0 Å². The largest absolute Gasteiger partial charge is 0.478 e. The molecule has 0 unspecified atom stereocenters. The predicted molar refractivity (Wildman–Crippen MR) is 113 cm³/mol. The first-order valence-corrected chi connectivity index (χ1v) is 9.29. The van der Waals surface area contributed by atoms with Crippen molar-refractivity contribution in [3.05, 3.63) is 64.8 Å². The van der Waals surface area contributed by atoms with E-state index in [9.17, 15) is 4.79 Å². The van der Waals surface area contributed by atoms with E-state index in [0.29, 0.717) is 0 Å². The van der Waals surface area contributed by atoms with Crippen LogP contribution in [0.4, 0.5) is 0 Å². The van der Waals surface area contributed by atoms with Crippen molar-refractivity contribution in [1.29, 1.82) is 0 Å². The number of carbonyl (C=O) groups is 1. The molecule has 2 nitrogen and oxygen atoms in total. The maximum atomic E-state index is 10.7. The normalized spacial score (nSPS) is 14.2. The van der Waals surface area contributed by atoms with Crippen LogP contribution >= 0.6 is 0 Å². The molecule has 1 rings (SSSR count).